The van der Waals surface area contributed by atoms with Crippen LogP contribution in [-0.4, -0.2) is 10.9 Å². The van der Waals surface area contributed by atoms with Crippen molar-refractivity contribution in [3.8, 4) is 0 Å². The topological polar surface area (TPSA) is 42.0 Å². The van der Waals surface area contributed by atoms with Crippen LogP contribution in [0.1, 0.15) is 10.4 Å². The highest BCUT2D eigenvalue weighted by Gasteiger charge is 2.16. The quantitative estimate of drug-likeness (QED) is 0.850. The lowest BCUT2D eigenvalue weighted by Crippen LogP contribution is -2.15. The van der Waals surface area contributed by atoms with Gasteiger partial charge in [-0.3, -0.25) is 4.79 Å². The summed E-state index contributed by atoms with van der Waals surface area (Å²) in [4.78, 5) is 15.2. The van der Waals surface area contributed by atoms with Gasteiger partial charge in [0.15, 0.2) is 11.0 Å². The van der Waals surface area contributed by atoms with Gasteiger partial charge in [0, 0.05) is 6.20 Å². The first kappa shape index (κ1) is 12.4. The molecule has 1 amide bonds. The molecule has 0 aliphatic carbocycles. The Balaban J connectivity index is 2.28. The van der Waals surface area contributed by atoms with Crippen LogP contribution in [0.2, 0.25) is 5.15 Å². The van der Waals surface area contributed by atoms with Gasteiger partial charge in [-0.15, -0.1) is 0 Å². The molecule has 0 atom stereocenters. The molecule has 0 aliphatic heterocycles. The molecule has 0 fully saturated rings. The minimum Gasteiger partial charge on any atom is -0.319 e. The number of anilines is 1. The number of amides is 1. The number of pyridine rings is 1. The summed E-state index contributed by atoms with van der Waals surface area (Å²) in [7, 11) is 0. The van der Waals surface area contributed by atoms with E-state index in [9.17, 15) is 13.6 Å². The van der Waals surface area contributed by atoms with E-state index in [1.54, 1.807) is 6.07 Å². The summed E-state index contributed by atoms with van der Waals surface area (Å²) in [6, 6.07) is 6.75. The fourth-order valence-electron chi connectivity index (χ4n) is 1.35. The molecule has 2 rings (SSSR count). The summed E-state index contributed by atoms with van der Waals surface area (Å²) in [6.07, 6.45) is 1.20. The number of hydrogen-bond acceptors (Lipinski definition) is 2. The molecule has 6 heteroatoms. The highest BCUT2D eigenvalue weighted by Crippen LogP contribution is 2.18. The summed E-state index contributed by atoms with van der Waals surface area (Å²) >= 11 is 5.45. The van der Waals surface area contributed by atoms with Crippen molar-refractivity contribution in [2.24, 2.45) is 0 Å². The first-order valence-corrected chi connectivity index (χ1v) is 5.33. The van der Waals surface area contributed by atoms with Crippen molar-refractivity contribution >= 4 is 23.2 Å². The smallest absolute Gasteiger partial charge is 0.258 e. The molecule has 0 saturated heterocycles. The van der Waals surface area contributed by atoms with E-state index < -0.39 is 22.7 Å². The van der Waals surface area contributed by atoms with Crippen LogP contribution in [0, 0.1) is 11.6 Å². The Kier molecular flexibility index (Phi) is 3.53. The molecule has 3 nitrogen and oxygen atoms in total. The molecule has 92 valence electrons. The van der Waals surface area contributed by atoms with Crippen molar-refractivity contribution in [2.45, 2.75) is 0 Å². The highest BCUT2D eigenvalue weighted by atomic mass is 35.5. The Morgan fingerprint density at radius 1 is 1.22 bits per heavy atom. The summed E-state index contributed by atoms with van der Waals surface area (Å²) in [6.45, 7) is 0. The molecule has 0 saturated carbocycles. The third-order valence-electron chi connectivity index (χ3n) is 2.21. The van der Waals surface area contributed by atoms with Crippen molar-refractivity contribution in [2.75, 3.05) is 5.32 Å². The van der Waals surface area contributed by atoms with Gasteiger partial charge in [0.2, 0.25) is 0 Å². The highest BCUT2D eigenvalue weighted by molar-refractivity contribution is 6.30. The maximum Gasteiger partial charge on any atom is 0.258 e. The average molecular weight is 269 g/mol. The Bertz CT molecular complexity index is 604. The largest absolute Gasteiger partial charge is 0.319 e. The van der Waals surface area contributed by atoms with Crippen molar-refractivity contribution in [1.82, 2.24) is 4.98 Å². The molecule has 0 aliphatic rings. The molecular weight excluding hydrogens is 262 g/mol. The Labute approximate surface area is 106 Å². The molecule has 0 bridgehead atoms. The van der Waals surface area contributed by atoms with E-state index in [4.69, 9.17) is 11.6 Å². The van der Waals surface area contributed by atoms with Crippen molar-refractivity contribution < 1.29 is 13.6 Å². The van der Waals surface area contributed by atoms with Gasteiger partial charge < -0.3 is 5.32 Å². The molecule has 1 aromatic heterocycles. The third kappa shape index (κ3) is 2.46. The zero-order valence-corrected chi connectivity index (χ0v) is 9.71. The minimum atomic E-state index is -0.937. The van der Waals surface area contributed by atoms with E-state index >= 15 is 0 Å². The van der Waals surface area contributed by atoms with E-state index in [2.05, 4.69) is 10.3 Å². The molecule has 0 spiro atoms. The number of halogens is 3. The fraction of sp³-hybridized carbons (Fsp3) is 0. The zero-order chi connectivity index (χ0) is 13.1. The molecule has 0 unspecified atom stereocenters. The molecule has 1 heterocycles. The van der Waals surface area contributed by atoms with E-state index in [0.29, 0.717) is 0 Å². The molecule has 18 heavy (non-hydrogen) atoms. The maximum atomic E-state index is 13.5. The molecule has 1 aromatic carbocycles. The second kappa shape index (κ2) is 5.10. The van der Waals surface area contributed by atoms with Crippen molar-refractivity contribution in [3.63, 3.8) is 0 Å². The van der Waals surface area contributed by atoms with Crippen LogP contribution in [0.5, 0.6) is 0 Å². The number of benzene rings is 1. The van der Waals surface area contributed by atoms with Gasteiger partial charge in [0.05, 0.1) is 11.3 Å². The van der Waals surface area contributed by atoms with E-state index in [0.717, 1.165) is 6.07 Å². The number of nitrogens with one attached hydrogen (secondary N) is 1. The number of para-hydroxylation sites is 1. The van der Waals surface area contributed by atoms with Crippen LogP contribution in [-0.2, 0) is 0 Å². The van der Waals surface area contributed by atoms with E-state index in [1.165, 1.54) is 24.4 Å². The first-order chi connectivity index (χ1) is 8.59. The van der Waals surface area contributed by atoms with Gasteiger partial charge >= 0.3 is 0 Å². The van der Waals surface area contributed by atoms with Crippen LogP contribution in [0.3, 0.4) is 0 Å². The number of nitrogens with zero attached hydrogens (tertiary/aromatic N) is 1. The Morgan fingerprint density at radius 3 is 2.67 bits per heavy atom. The maximum absolute atomic E-state index is 13.5. The summed E-state index contributed by atoms with van der Waals surface area (Å²) in [5, 5.41) is 1.85. The van der Waals surface area contributed by atoms with E-state index in [-0.39, 0.29) is 11.3 Å². The lowest BCUT2D eigenvalue weighted by Gasteiger charge is -2.07. The van der Waals surface area contributed by atoms with Crippen molar-refractivity contribution in [3.05, 3.63) is 58.9 Å². The number of hydrogen-bond donors (Lipinski definition) is 1. The first-order valence-electron chi connectivity index (χ1n) is 4.95. The predicted octanol–water partition coefficient (Wildman–Crippen LogP) is 3.27. The summed E-state index contributed by atoms with van der Waals surface area (Å²) < 4.78 is 26.8. The zero-order valence-electron chi connectivity index (χ0n) is 8.95. The summed E-state index contributed by atoms with van der Waals surface area (Å²) in [5.41, 5.74) is -0.326. The molecular formula is C12H7ClF2N2O. The summed E-state index contributed by atoms with van der Waals surface area (Å²) in [5.74, 6) is -2.33. The van der Waals surface area contributed by atoms with Crippen LogP contribution in [0.15, 0.2) is 36.5 Å². The average Bonchev–Trinajstić information content (AvgIpc) is 2.35. The molecule has 2 aromatic rings. The van der Waals surface area contributed by atoms with Crippen LogP contribution < -0.4 is 5.32 Å². The number of aromatic nitrogens is 1. The van der Waals surface area contributed by atoms with Gasteiger partial charge in [-0.05, 0) is 18.2 Å². The van der Waals surface area contributed by atoms with Gasteiger partial charge in [0.1, 0.15) is 5.82 Å². The van der Waals surface area contributed by atoms with Gasteiger partial charge in [-0.1, -0.05) is 23.7 Å². The molecule has 0 radical (unpaired) electrons. The standard InChI is InChI=1S/C12H7ClF2N2O/c13-11-10(15)7(5-6-16-11)12(18)17-9-4-2-1-3-8(9)14/h1-6H,(H,17,18). The van der Waals surface area contributed by atoms with Crippen LogP contribution in [0.25, 0.3) is 0 Å². The minimum absolute atomic E-state index is 0.0326. The van der Waals surface area contributed by atoms with Crippen LogP contribution >= 0.6 is 11.6 Å². The normalized spacial score (nSPS) is 10.2. The number of carbonyl (C=O) groups is 1. The lowest BCUT2D eigenvalue weighted by molar-refractivity contribution is 0.102. The monoisotopic (exact) mass is 268 g/mol. The van der Waals surface area contributed by atoms with Crippen molar-refractivity contribution in [1.29, 1.82) is 0 Å². The van der Waals surface area contributed by atoms with Gasteiger partial charge in [0.25, 0.3) is 5.91 Å². The Morgan fingerprint density at radius 2 is 1.94 bits per heavy atom. The van der Waals surface area contributed by atoms with Gasteiger partial charge in [-0.2, -0.15) is 0 Å². The van der Waals surface area contributed by atoms with Gasteiger partial charge in [-0.25, -0.2) is 13.8 Å². The Hall–Kier alpha value is -2.01. The van der Waals surface area contributed by atoms with E-state index in [1.807, 2.05) is 0 Å². The number of carbonyl (C=O) groups excluding carboxylic acids is 1. The molecule has 1 N–H and O–H groups in total. The predicted molar refractivity (Wildman–Crippen MR) is 63.6 cm³/mol. The fourth-order valence-corrected chi connectivity index (χ4v) is 1.50. The second-order valence-electron chi connectivity index (χ2n) is 3.40. The SMILES string of the molecule is O=C(Nc1ccccc1F)c1ccnc(Cl)c1F. The number of rotatable bonds is 2. The van der Waals surface area contributed by atoms with Crippen LogP contribution in [0.4, 0.5) is 14.5 Å². The third-order valence-corrected chi connectivity index (χ3v) is 2.48. The second-order valence-corrected chi connectivity index (χ2v) is 3.76. The lowest BCUT2D eigenvalue weighted by atomic mass is 10.2.